The van der Waals surface area contributed by atoms with Crippen molar-refractivity contribution < 1.29 is 4.74 Å². The van der Waals surface area contributed by atoms with Gasteiger partial charge in [0.2, 0.25) is 4.77 Å². The molecule has 4 rings (SSSR count). The Bertz CT molecular complexity index is 997. The molecule has 3 heterocycles. The number of nitrogens with one attached hydrogen (secondary N) is 1. The van der Waals surface area contributed by atoms with E-state index in [4.69, 9.17) is 28.6 Å². The van der Waals surface area contributed by atoms with E-state index in [0.717, 1.165) is 31.7 Å². The van der Waals surface area contributed by atoms with Gasteiger partial charge in [-0.15, -0.1) is 0 Å². The van der Waals surface area contributed by atoms with Gasteiger partial charge >= 0.3 is 0 Å². The van der Waals surface area contributed by atoms with Gasteiger partial charge in [-0.25, -0.2) is 4.68 Å². The predicted molar refractivity (Wildman–Crippen MR) is 112 cm³/mol. The minimum Gasteiger partial charge on any atom is -0.496 e. The van der Waals surface area contributed by atoms with Crippen molar-refractivity contribution in [2.75, 3.05) is 38.2 Å². The predicted octanol–water partition coefficient (Wildman–Crippen LogP) is 3.44. The molecule has 146 valence electrons. The lowest BCUT2D eigenvalue weighted by atomic mass is 10.2. The fraction of sp³-hybridized carbons (Fsp3) is 0.316. The fourth-order valence-corrected chi connectivity index (χ4v) is 3.71. The summed E-state index contributed by atoms with van der Waals surface area (Å²) in [5.41, 5.74) is 2.01. The zero-order chi connectivity index (χ0) is 19.5. The number of ether oxygens (including phenoxy) is 1. The topological polar surface area (TPSA) is 62.2 Å². The number of methoxy groups -OCH3 is 1. The van der Waals surface area contributed by atoms with E-state index in [2.05, 4.69) is 24.9 Å². The number of aromatic nitrogens is 4. The summed E-state index contributed by atoms with van der Waals surface area (Å²) in [4.78, 5) is 13.3. The van der Waals surface area contributed by atoms with Crippen LogP contribution in [0.2, 0.25) is 5.02 Å². The van der Waals surface area contributed by atoms with Crippen molar-refractivity contribution in [2.24, 2.45) is 0 Å². The summed E-state index contributed by atoms with van der Waals surface area (Å²) >= 11 is 11.6. The van der Waals surface area contributed by atoms with Gasteiger partial charge in [-0.3, -0.25) is 15.0 Å². The highest BCUT2D eigenvalue weighted by Crippen LogP contribution is 2.30. The van der Waals surface area contributed by atoms with E-state index in [1.54, 1.807) is 13.2 Å². The van der Waals surface area contributed by atoms with Gasteiger partial charge < -0.3 is 9.64 Å². The third-order valence-electron chi connectivity index (χ3n) is 4.84. The molecule has 0 unspecified atom stereocenters. The Hall–Kier alpha value is -2.42. The Morgan fingerprint density at radius 2 is 1.89 bits per heavy atom. The Labute approximate surface area is 173 Å². The summed E-state index contributed by atoms with van der Waals surface area (Å²) in [5.74, 6) is 1.35. The molecule has 1 N–H and O–H groups in total. The normalized spacial score (nSPS) is 15.0. The lowest BCUT2D eigenvalue weighted by molar-refractivity contribution is 0.194. The maximum atomic E-state index is 6.14. The number of benzene rings is 1. The van der Waals surface area contributed by atoms with Crippen LogP contribution in [0.1, 0.15) is 0 Å². The molecule has 0 saturated carbocycles. The molecule has 7 nitrogen and oxygen atoms in total. The number of piperazine rings is 1. The third kappa shape index (κ3) is 4.04. The summed E-state index contributed by atoms with van der Waals surface area (Å²) in [7, 11) is 1.63. The van der Waals surface area contributed by atoms with Crippen LogP contribution >= 0.6 is 23.8 Å². The molecule has 2 aromatic heterocycles. The van der Waals surface area contributed by atoms with Crippen LogP contribution < -0.4 is 9.64 Å². The van der Waals surface area contributed by atoms with Crippen molar-refractivity contribution in [3.8, 4) is 17.1 Å². The molecule has 1 saturated heterocycles. The molecule has 1 aromatic carbocycles. The van der Waals surface area contributed by atoms with Crippen molar-refractivity contribution in [2.45, 2.75) is 6.67 Å². The number of hydrogen-bond acceptors (Lipinski definition) is 6. The molecule has 9 heteroatoms. The van der Waals surface area contributed by atoms with E-state index in [1.165, 1.54) is 5.69 Å². The van der Waals surface area contributed by atoms with E-state index in [1.807, 2.05) is 41.3 Å². The quantitative estimate of drug-likeness (QED) is 0.643. The van der Waals surface area contributed by atoms with Crippen molar-refractivity contribution in [3.63, 3.8) is 0 Å². The number of H-pyrrole nitrogens is 1. The maximum Gasteiger partial charge on any atom is 0.217 e. The zero-order valence-corrected chi connectivity index (χ0v) is 17.1. The average Bonchev–Trinajstić information content (AvgIpc) is 3.09. The SMILES string of the molecule is COc1ccc(Cl)cc1-c1nc(=S)n(CN2CCN(c3ccncc3)CC2)[nH]1. The van der Waals surface area contributed by atoms with Crippen LogP contribution in [0.5, 0.6) is 5.75 Å². The monoisotopic (exact) mass is 416 g/mol. The Morgan fingerprint density at radius 3 is 2.61 bits per heavy atom. The standard InChI is InChI=1S/C19H21ClN6OS/c1-27-17-3-2-14(20)12-16(17)18-22-19(28)26(23-18)13-24-8-10-25(11-9-24)15-4-6-21-7-5-15/h2-7,12H,8-11,13H2,1H3,(H,22,23,28). The Balaban J connectivity index is 1.46. The number of aromatic amines is 1. The second-order valence-corrected chi connectivity index (χ2v) is 7.38. The van der Waals surface area contributed by atoms with E-state index in [0.29, 0.717) is 28.0 Å². The van der Waals surface area contributed by atoms with Crippen LogP contribution in [-0.4, -0.2) is 57.9 Å². The Morgan fingerprint density at radius 1 is 1.14 bits per heavy atom. The first kappa shape index (κ1) is 18.9. The molecule has 0 atom stereocenters. The molecular formula is C19H21ClN6OS. The molecule has 1 fully saturated rings. The second kappa shape index (κ2) is 8.30. The van der Waals surface area contributed by atoms with E-state index in [-0.39, 0.29) is 0 Å². The molecule has 0 spiro atoms. The maximum absolute atomic E-state index is 6.14. The molecular weight excluding hydrogens is 396 g/mol. The lowest BCUT2D eigenvalue weighted by Gasteiger charge is -2.35. The minimum atomic E-state index is 0.508. The smallest absolute Gasteiger partial charge is 0.217 e. The van der Waals surface area contributed by atoms with Crippen molar-refractivity contribution >= 4 is 29.5 Å². The van der Waals surface area contributed by atoms with Crippen LogP contribution in [0, 0.1) is 4.77 Å². The van der Waals surface area contributed by atoms with Gasteiger partial charge in [0.25, 0.3) is 0 Å². The minimum absolute atomic E-state index is 0.508. The zero-order valence-electron chi connectivity index (χ0n) is 15.5. The first-order valence-electron chi connectivity index (χ1n) is 9.02. The number of anilines is 1. The number of hydrogen-bond donors (Lipinski definition) is 1. The van der Waals surface area contributed by atoms with Crippen molar-refractivity contribution in [1.29, 1.82) is 0 Å². The van der Waals surface area contributed by atoms with Gasteiger partial charge in [0.15, 0.2) is 5.82 Å². The highest BCUT2D eigenvalue weighted by Gasteiger charge is 2.19. The largest absolute Gasteiger partial charge is 0.496 e. The molecule has 3 aromatic rings. The van der Waals surface area contributed by atoms with Gasteiger partial charge in [0, 0.05) is 49.3 Å². The van der Waals surface area contributed by atoms with Crippen molar-refractivity contribution in [3.05, 3.63) is 52.5 Å². The van der Waals surface area contributed by atoms with Crippen LogP contribution in [0.3, 0.4) is 0 Å². The molecule has 0 bridgehead atoms. The van der Waals surface area contributed by atoms with Gasteiger partial charge in [0.05, 0.1) is 19.3 Å². The second-order valence-electron chi connectivity index (χ2n) is 6.58. The lowest BCUT2D eigenvalue weighted by Crippen LogP contribution is -2.46. The highest BCUT2D eigenvalue weighted by molar-refractivity contribution is 7.71. The summed E-state index contributed by atoms with van der Waals surface area (Å²) in [6, 6.07) is 9.53. The molecule has 28 heavy (non-hydrogen) atoms. The highest BCUT2D eigenvalue weighted by atomic mass is 35.5. The van der Waals surface area contributed by atoms with Crippen LogP contribution in [0.15, 0.2) is 42.7 Å². The van der Waals surface area contributed by atoms with Crippen LogP contribution in [0.4, 0.5) is 5.69 Å². The van der Waals surface area contributed by atoms with Gasteiger partial charge in [-0.1, -0.05) is 11.6 Å². The molecule has 1 aliphatic heterocycles. The van der Waals surface area contributed by atoms with Gasteiger partial charge in [-0.05, 0) is 42.5 Å². The van der Waals surface area contributed by atoms with Crippen LogP contribution in [0.25, 0.3) is 11.4 Å². The van der Waals surface area contributed by atoms with E-state index in [9.17, 15) is 0 Å². The van der Waals surface area contributed by atoms with E-state index < -0.39 is 0 Å². The first-order chi connectivity index (χ1) is 13.6. The van der Waals surface area contributed by atoms with Gasteiger partial charge in [-0.2, -0.15) is 4.98 Å². The summed E-state index contributed by atoms with van der Waals surface area (Å²) < 4.78 is 7.82. The molecule has 0 aliphatic carbocycles. The van der Waals surface area contributed by atoms with Crippen molar-refractivity contribution in [1.82, 2.24) is 24.6 Å². The summed E-state index contributed by atoms with van der Waals surface area (Å²) in [6.07, 6.45) is 3.66. The molecule has 0 amide bonds. The Kier molecular flexibility index (Phi) is 5.61. The van der Waals surface area contributed by atoms with Crippen LogP contribution in [-0.2, 0) is 6.67 Å². The molecule has 0 radical (unpaired) electrons. The number of pyridine rings is 1. The summed E-state index contributed by atoms with van der Waals surface area (Å²) in [5, 5.41) is 3.91. The molecule has 1 aliphatic rings. The first-order valence-corrected chi connectivity index (χ1v) is 9.81. The van der Waals surface area contributed by atoms with E-state index >= 15 is 0 Å². The van der Waals surface area contributed by atoms with Gasteiger partial charge in [0.1, 0.15) is 5.75 Å². The number of nitrogens with zero attached hydrogens (tertiary/aromatic N) is 5. The number of rotatable bonds is 5. The summed E-state index contributed by atoms with van der Waals surface area (Å²) in [6.45, 7) is 4.47. The number of halogens is 1. The fourth-order valence-electron chi connectivity index (χ4n) is 3.34. The third-order valence-corrected chi connectivity index (χ3v) is 5.38. The average molecular weight is 417 g/mol.